The van der Waals surface area contributed by atoms with Gasteiger partial charge >= 0.3 is 17.9 Å². The van der Waals surface area contributed by atoms with E-state index >= 15 is 0 Å². The number of ether oxygens (including phenoxy) is 2. The largest absolute Gasteiger partial charge is 0.504 e. The maximum atomic E-state index is 12.4. The van der Waals surface area contributed by atoms with E-state index < -0.39 is 59.7 Å². The molecular formula is C25H24O12. The van der Waals surface area contributed by atoms with E-state index in [1.165, 1.54) is 36.4 Å². The molecule has 2 aromatic carbocycles. The number of aliphatic hydroxyl groups excluding tert-OH is 2. The van der Waals surface area contributed by atoms with E-state index in [-0.39, 0.29) is 23.5 Å². The van der Waals surface area contributed by atoms with Crippen LogP contribution >= 0.6 is 0 Å². The van der Waals surface area contributed by atoms with Crippen LogP contribution < -0.4 is 0 Å². The zero-order chi connectivity index (χ0) is 27.3. The Labute approximate surface area is 209 Å². The van der Waals surface area contributed by atoms with Gasteiger partial charge in [-0.2, -0.15) is 0 Å². The van der Waals surface area contributed by atoms with Gasteiger partial charge in [-0.05, 0) is 54.0 Å². The predicted molar refractivity (Wildman–Crippen MR) is 125 cm³/mol. The van der Waals surface area contributed by atoms with Crippen LogP contribution in [0.3, 0.4) is 0 Å². The van der Waals surface area contributed by atoms with Crippen molar-refractivity contribution in [2.75, 3.05) is 0 Å². The maximum absolute atomic E-state index is 12.4. The van der Waals surface area contributed by atoms with Crippen molar-refractivity contribution in [2.24, 2.45) is 0 Å². The second-order valence-electron chi connectivity index (χ2n) is 8.23. The summed E-state index contributed by atoms with van der Waals surface area (Å²) >= 11 is 0. The van der Waals surface area contributed by atoms with Crippen molar-refractivity contribution in [3.05, 3.63) is 59.7 Å². The zero-order valence-electron chi connectivity index (χ0n) is 19.1. The summed E-state index contributed by atoms with van der Waals surface area (Å²) in [4.78, 5) is 36.8. The van der Waals surface area contributed by atoms with Crippen molar-refractivity contribution in [3.63, 3.8) is 0 Å². The Morgan fingerprint density at radius 2 is 1.32 bits per heavy atom. The van der Waals surface area contributed by atoms with Gasteiger partial charge in [-0.1, -0.05) is 12.1 Å². The molecule has 0 spiro atoms. The molecule has 1 aliphatic carbocycles. The molecule has 3 rings (SSSR count). The lowest BCUT2D eigenvalue weighted by molar-refractivity contribution is -0.224. The number of benzene rings is 2. The summed E-state index contributed by atoms with van der Waals surface area (Å²) in [6, 6.07) is 7.39. The van der Waals surface area contributed by atoms with E-state index in [2.05, 4.69) is 0 Å². The van der Waals surface area contributed by atoms with Gasteiger partial charge in [0.15, 0.2) is 29.1 Å². The summed E-state index contributed by atoms with van der Waals surface area (Å²) in [5.41, 5.74) is -1.97. The predicted octanol–water partition coefficient (Wildman–Crippen LogP) is 1.03. The molecule has 0 bridgehead atoms. The summed E-state index contributed by atoms with van der Waals surface area (Å²) in [6.45, 7) is 0. The highest BCUT2D eigenvalue weighted by molar-refractivity contribution is 5.91. The van der Waals surface area contributed by atoms with Gasteiger partial charge in [0.25, 0.3) is 0 Å². The number of phenols is 4. The van der Waals surface area contributed by atoms with Crippen LogP contribution in [0.2, 0.25) is 0 Å². The van der Waals surface area contributed by atoms with Crippen molar-refractivity contribution in [3.8, 4) is 23.0 Å². The smallest absolute Gasteiger partial charge is 0.351 e. The Morgan fingerprint density at radius 3 is 1.81 bits per heavy atom. The molecule has 12 heteroatoms. The second-order valence-corrected chi connectivity index (χ2v) is 8.23. The van der Waals surface area contributed by atoms with Crippen LogP contribution in [0.5, 0.6) is 23.0 Å². The third-order valence-corrected chi connectivity index (χ3v) is 5.70. The molecule has 7 N–H and O–H groups in total. The molecule has 0 unspecified atom stereocenters. The molecule has 1 aliphatic rings. The Bertz CT molecular complexity index is 1250. The van der Waals surface area contributed by atoms with Gasteiger partial charge in [-0.3, -0.25) is 0 Å². The molecule has 37 heavy (non-hydrogen) atoms. The number of hydrogen-bond donors (Lipinski definition) is 7. The molecule has 2 aromatic rings. The van der Waals surface area contributed by atoms with Crippen LogP contribution in [0.4, 0.5) is 0 Å². The lowest BCUT2D eigenvalue weighted by atomic mass is 9.78. The Balaban J connectivity index is 1.74. The van der Waals surface area contributed by atoms with Gasteiger partial charge in [0.2, 0.25) is 5.60 Å². The highest BCUT2D eigenvalue weighted by Gasteiger charge is 2.58. The lowest BCUT2D eigenvalue weighted by Crippen LogP contribution is -2.64. The van der Waals surface area contributed by atoms with Crippen molar-refractivity contribution in [1.82, 2.24) is 0 Å². The van der Waals surface area contributed by atoms with E-state index in [4.69, 9.17) is 9.47 Å². The minimum absolute atomic E-state index is 0.275. The number of hydrogen-bond acceptors (Lipinski definition) is 11. The van der Waals surface area contributed by atoms with Gasteiger partial charge < -0.3 is 45.2 Å². The fraction of sp³-hybridized carbons (Fsp3) is 0.240. The number of phenolic OH excluding ortho intramolecular Hbond substituents is 4. The zero-order valence-corrected chi connectivity index (χ0v) is 19.1. The van der Waals surface area contributed by atoms with Gasteiger partial charge in [0, 0.05) is 18.6 Å². The summed E-state index contributed by atoms with van der Waals surface area (Å²) in [6.07, 6.45) is -2.04. The maximum Gasteiger partial charge on any atom is 0.351 e. The van der Waals surface area contributed by atoms with E-state index in [0.717, 1.165) is 24.3 Å². The Hall–Kier alpha value is -4.55. The first-order valence-electron chi connectivity index (χ1n) is 10.9. The number of aliphatic hydroxyl groups is 2. The summed E-state index contributed by atoms with van der Waals surface area (Å²) in [7, 11) is 0. The van der Waals surface area contributed by atoms with Crippen LogP contribution in [0.25, 0.3) is 12.2 Å². The van der Waals surface area contributed by atoms with Crippen LogP contribution in [0.15, 0.2) is 48.6 Å². The first-order valence-corrected chi connectivity index (χ1v) is 10.9. The van der Waals surface area contributed by atoms with Crippen molar-refractivity contribution >= 4 is 30.1 Å². The molecule has 1 saturated carbocycles. The Kier molecular flexibility index (Phi) is 8.05. The van der Waals surface area contributed by atoms with Crippen LogP contribution in [0, 0.1) is 0 Å². The number of carbonyl (C=O) groups is 3. The van der Waals surface area contributed by atoms with E-state index in [9.17, 15) is 50.1 Å². The fourth-order valence-corrected chi connectivity index (χ4v) is 3.69. The number of aliphatic carboxylic acids is 1. The molecule has 0 heterocycles. The van der Waals surface area contributed by atoms with Gasteiger partial charge in [0.1, 0.15) is 6.10 Å². The van der Waals surface area contributed by atoms with Gasteiger partial charge in [-0.25, -0.2) is 14.4 Å². The molecule has 0 aliphatic heterocycles. The number of rotatable bonds is 7. The number of esters is 2. The van der Waals surface area contributed by atoms with Crippen LogP contribution in [-0.4, -0.2) is 77.6 Å². The monoisotopic (exact) mass is 516 g/mol. The quantitative estimate of drug-likeness (QED) is 0.156. The van der Waals surface area contributed by atoms with Crippen molar-refractivity contribution in [1.29, 1.82) is 0 Å². The average molecular weight is 516 g/mol. The van der Waals surface area contributed by atoms with Gasteiger partial charge in [-0.15, -0.1) is 0 Å². The van der Waals surface area contributed by atoms with Crippen LogP contribution in [0.1, 0.15) is 24.0 Å². The molecule has 0 aromatic heterocycles. The molecule has 1 fully saturated rings. The number of carbonyl (C=O) groups excluding carboxylic acids is 2. The summed E-state index contributed by atoms with van der Waals surface area (Å²) < 4.78 is 10.2. The standard InChI is InChI=1S/C25H24O12/c26-15-5-1-13(11-18(15)29)3-7-20(31)36-22-17(28)9-10-25(23(22)33,24(34)35)37-21(32)8-4-14-2-6-16(27)19(30)12-14/h1-8,11-12,17,22-23,26-30,33H,9-10H2,(H,34,35)/b7-3+,8-4+/t17-,22-,23-,25+/m1/s1. The molecule has 0 saturated heterocycles. The number of carboxylic acid groups (broad SMARTS) is 1. The second kappa shape index (κ2) is 11.0. The topological polar surface area (TPSA) is 211 Å². The fourth-order valence-electron chi connectivity index (χ4n) is 3.69. The number of aromatic hydroxyl groups is 4. The minimum Gasteiger partial charge on any atom is -0.504 e. The van der Waals surface area contributed by atoms with Crippen molar-refractivity contribution < 1.29 is 59.6 Å². The van der Waals surface area contributed by atoms with E-state index in [0.29, 0.717) is 5.56 Å². The Morgan fingerprint density at radius 1 is 0.811 bits per heavy atom. The molecule has 0 amide bonds. The van der Waals surface area contributed by atoms with Crippen molar-refractivity contribution in [2.45, 2.75) is 36.8 Å². The average Bonchev–Trinajstić information content (AvgIpc) is 2.85. The van der Waals surface area contributed by atoms with Crippen LogP contribution in [-0.2, 0) is 23.9 Å². The highest BCUT2D eigenvalue weighted by Crippen LogP contribution is 2.35. The van der Waals surface area contributed by atoms with Gasteiger partial charge in [0.05, 0.1) is 6.10 Å². The van der Waals surface area contributed by atoms with E-state index in [1.54, 1.807) is 0 Å². The SMILES string of the molecule is O=C(/C=C/c1ccc(O)c(O)c1)O[C@@H]1[C@H](O)CC[C@@](OC(=O)/C=C/c2ccc(O)c(O)c2)(C(=O)O)[C@@H]1O. The molecule has 4 atom stereocenters. The minimum atomic E-state index is -2.55. The summed E-state index contributed by atoms with van der Waals surface area (Å²) in [5.74, 6) is -5.62. The molecular weight excluding hydrogens is 492 g/mol. The molecule has 12 nitrogen and oxygen atoms in total. The van der Waals surface area contributed by atoms with E-state index in [1.807, 2.05) is 0 Å². The third-order valence-electron chi connectivity index (χ3n) is 5.70. The lowest BCUT2D eigenvalue weighted by Gasteiger charge is -2.42. The summed E-state index contributed by atoms with van der Waals surface area (Å²) in [5, 5.41) is 68.5. The first kappa shape index (κ1) is 27.0. The number of carboxylic acids is 1. The molecule has 0 radical (unpaired) electrons. The normalized spacial score (nSPS) is 23.7. The molecule has 196 valence electrons. The third kappa shape index (κ3) is 6.18. The highest BCUT2D eigenvalue weighted by atomic mass is 16.6. The first-order chi connectivity index (χ1) is 17.4.